The molecule has 0 radical (unpaired) electrons. The normalized spacial score (nSPS) is 23.1. The maximum Gasteiger partial charge on any atom is 0.343 e. The summed E-state index contributed by atoms with van der Waals surface area (Å²) in [6.45, 7) is 2.47. The molecule has 2 N–H and O–H groups in total. The number of carbonyl (C=O) groups excluding carboxylic acids is 1. The summed E-state index contributed by atoms with van der Waals surface area (Å²) in [5.74, 6) is -0.866. The molecule has 2 atom stereocenters. The van der Waals surface area contributed by atoms with E-state index in [2.05, 4.69) is 4.90 Å². The van der Waals surface area contributed by atoms with E-state index in [9.17, 15) is 9.59 Å². The van der Waals surface area contributed by atoms with Gasteiger partial charge in [0.05, 0.1) is 24.0 Å². The number of carbonyl (C=O) groups is 1. The first-order valence-electron chi connectivity index (χ1n) is 10.3. The van der Waals surface area contributed by atoms with Crippen molar-refractivity contribution in [1.29, 1.82) is 0 Å². The molecule has 1 saturated carbocycles. The highest BCUT2D eigenvalue weighted by Gasteiger charge is 2.36. The Hall–Kier alpha value is -2.67. The van der Waals surface area contributed by atoms with Crippen LogP contribution in [0.25, 0.3) is 11.6 Å². The second kappa shape index (κ2) is 6.69. The van der Waals surface area contributed by atoms with Gasteiger partial charge in [0.25, 0.3) is 5.56 Å². The summed E-state index contributed by atoms with van der Waals surface area (Å²) in [6, 6.07) is 1.83. The Bertz CT molecular complexity index is 1100. The molecule has 7 heteroatoms. The van der Waals surface area contributed by atoms with E-state index in [-0.39, 0.29) is 30.2 Å². The van der Waals surface area contributed by atoms with Crippen molar-refractivity contribution in [2.45, 2.75) is 50.6 Å². The van der Waals surface area contributed by atoms with E-state index in [1.807, 2.05) is 12.2 Å². The molecule has 4 heterocycles. The molecule has 2 aliphatic heterocycles. The highest BCUT2D eigenvalue weighted by atomic mass is 19.1. The number of halogens is 1. The number of ether oxygens (including phenoxy) is 1. The van der Waals surface area contributed by atoms with Crippen molar-refractivity contribution in [1.82, 2.24) is 4.40 Å². The zero-order valence-corrected chi connectivity index (χ0v) is 16.4. The molecule has 152 valence electrons. The van der Waals surface area contributed by atoms with E-state index in [1.54, 1.807) is 13.0 Å². The van der Waals surface area contributed by atoms with Crippen LogP contribution in [0.15, 0.2) is 23.1 Å². The third kappa shape index (κ3) is 2.87. The van der Waals surface area contributed by atoms with Crippen molar-refractivity contribution in [3.05, 3.63) is 51.2 Å². The number of fused-ring (bicyclic) bond motifs is 5. The van der Waals surface area contributed by atoms with Crippen molar-refractivity contribution in [2.75, 3.05) is 18.1 Å². The predicted molar refractivity (Wildman–Crippen MR) is 109 cm³/mol. The molecule has 0 amide bonds. The lowest BCUT2D eigenvalue weighted by Crippen LogP contribution is -2.32. The molecule has 1 saturated heterocycles. The van der Waals surface area contributed by atoms with Gasteiger partial charge in [0.2, 0.25) is 0 Å². The van der Waals surface area contributed by atoms with E-state index in [0.29, 0.717) is 23.3 Å². The van der Waals surface area contributed by atoms with Crippen molar-refractivity contribution >= 4 is 23.2 Å². The van der Waals surface area contributed by atoms with Gasteiger partial charge in [-0.25, -0.2) is 9.18 Å². The van der Waals surface area contributed by atoms with E-state index in [1.165, 1.54) is 10.6 Å². The quantitative estimate of drug-likeness (QED) is 0.806. The van der Waals surface area contributed by atoms with Gasteiger partial charge in [-0.15, -0.1) is 0 Å². The highest BCUT2D eigenvalue weighted by Crippen LogP contribution is 2.45. The van der Waals surface area contributed by atoms with Crippen LogP contribution in [0.3, 0.4) is 0 Å². The van der Waals surface area contributed by atoms with Gasteiger partial charge in [0.1, 0.15) is 5.56 Å². The molecule has 0 bridgehead atoms. The summed E-state index contributed by atoms with van der Waals surface area (Å²) in [4.78, 5) is 27.5. The van der Waals surface area contributed by atoms with Crippen LogP contribution in [-0.2, 0) is 4.74 Å². The summed E-state index contributed by atoms with van der Waals surface area (Å²) in [7, 11) is 0. The molecule has 6 nitrogen and oxygen atoms in total. The summed E-state index contributed by atoms with van der Waals surface area (Å²) in [5, 5.41) is 0. The number of hydrogen-bond acceptors (Lipinski definition) is 5. The van der Waals surface area contributed by atoms with Gasteiger partial charge in [0, 0.05) is 24.2 Å². The fourth-order valence-electron chi connectivity index (χ4n) is 4.78. The van der Waals surface area contributed by atoms with Gasteiger partial charge in [-0.2, -0.15) is 0 Å². The van der Waals surface area contributed by atoms with Gasteiger partial charge in [0.15, 0.2) is 5.82 Å². The van der Waals surface area contributed by atoms with Crippen LogP contribution in [0.2, 0.25) is 0 Å². The Morgan fingerprint density at radius 2 is 2.17 bits per heavy atom. The lowest BCUT2D eigenvalue weighted by atomic mass is 10.0. The summed E-state index contributed by atoms with van der Waals surface area (Å²) in [5.41, 5.74) is 8.41. The van der Waals surface area contributed by atoms with Gasteiger partial charge in [-0.1, -0.05) is 12.2 Å². The summed E-state index contributed by atoms with van der Waals surface area (Å²) in [6.07, 6.45) is 8.78. The molecular formula is C22H24FN3O3. The fraction of sp³-hybridized carbons (Fsp3) is 0.455. The number of nitrogens with two attached hydrogens (primary N) is 1. The minimum Gasteiger partial charge on any atom is -0.462 e. The maximum absolute atomic E-state index is 15.4. The number of nitrogens with zero attached hydrogens (tertiary/aromatic N) is 2. The Balaban J connectivity index is 1.82. The SMILES string of the molecule is CCOC(=O)c1cc(C2CC2)c2c3c(c(F)cn2c1=O)N1CC(N)CC1CC=C3. The molecule has 29 heavy (non-hydrogen) atoms. The molecule has 2 fully saturated rings. The Morgan fingerprint density at radius 1 is 1.38 bits per heavy atom. The monoisotopic (exact) mass is 397 g/mol. The topological polar surface area (TPSA) is 77.0 Å². The number of anilines is 1. The van der Waals surface area contributed by atoms with Crippen LogP contribution in [0, 0.1) is 5.82 Å². The van der Waals surface area contributed by atoms with Crippen LogP contribution in [0.5, 0.6) is 0 Å². The Kier molecular flexibility index (Phi) is 4.24. The zero-order valence-electron chi connectivity index (χ0n) is 16.4. The first-order chi connectivity index (χ1) is 14.0. The Labute approximate surface area is 167 Å². The zero-order chi connectivity index (χ0) is 20.3. The first kappa shape index (κ1) is 18.4. The summed E-state index contributed by atoms with van der Waals surface area (Å²) < 4.78 is 21.7. The molecule has 5 rings (SSSR count). The highest BCUT2D eigenvalue weighted by molar-refractivity contribution is 5.92. The second-order valence-electron chi connectivity index (χ2n) is 8.21. The van der Waals surface area contributed by atoms with E-state index in [0.717, 1.165) is 31.2 Å². The third-order valence-corrected chi connectivity index (χ3v) is 6.18. The number of rotatable bonds is 3. The van der Waals surface area contributed by atoms with Crippen molar-refractivity contribution < 1.29 is 13.9 Å². The van der Waals surface area contributed by atoms with E-state index in [4.69, 9.17) is 10.5 Å². The smallest absolute Gasteiger partial charge is 0.343 e. The van der Waals surface area contributed by atoms with Crippen LogP contribution in [0.4, 0.5) is 10.1 Å². The minimum absolute atomic E-state index is 0.00580. The van der Waals surface area contributed by atoms with Crippen molar-refractivity contribution in [3.8, 4) is 0 Å². The lowest BCUT2D eigenvalue weighted by molar-refractivity contribution is 0.0524. The van der Waals surface area contributed by atoms with Gasteiger partial charge >= 0.3 is 5.97 Å². The maximum atomic E-state index is 15.4. The average molecular weight is 397 g/mol. The molecule has 2 aromatic heterocycles. The van der Waals surface area contributed by atoms with Gasteiger partial charge in [-0.3, -0.25) is 9.20 Å². The number of hydrogen-bond donors (Lipinski definition) is 1. The molecule has 1 aliphatic carbocycles. The van der Waals surface area contributed by atoms with E-state index < -0.39 is 17.3 Å². The standard InChI is InChI=1S/C22H24FN3O3/c1-2-29-22(28)17-9-16(12-6-7-12)19-15-5-3-4-14-8-13(24)10-25(14)20(15)18(23)11-26(19)21(17)27/h3,5,9,11-14H,2,4,6-8,10,24H2,1H3. The Morgan fingerprint density at radius 3 is 2.90 bits per heavy atom. The van der Waals surface area contributed by atoms with Crippen LogP contribution in [0.1, 0.15) is 60.0 Å². The molecule has 3 aliphatic rings. The molecule has 2 unspecified atom stereocenters. The number of pyridine rings is 2. The first-order valence-corrected chi connectivity index (χ1v) is 10.3. The third-order valence-electron chi connectivity index (χ3n) is 6.18. The lowest BCUT2D eigenvalue weighted by Gasteiger charge is -2.27. The minimum atomic E-state index is -0.662. The average Bonchev–Trinajstić information content (AvgIpc) is 3.47. The predicted octanol–water partition coefficient (Wildman–Crippen LogP) is 2.82. The molecule has 0 spiro atoms. The number of esters is 1. The van der Waals surface area contributed by atoms with Gasteiger partial charge < -0.3 is 15.4 Å². The fourth-order valence-corrected chi connectivity index (χ4v) is 4.78. The van der Waals surface area contributed by atoms with Crippen LogP contribution < -0.4 is 16.2 Å². The molecule has 0 aromatic carbocycles. The van der Waals surface area contributed by atoms with E-state index >= 15 is 4.39 Å². The van der Waals surface area contributed by atoms with Crippen LogP contribution in [-0.4, -0.2) is 35.6 Å². The molecule has 2 aromatic rings. The molecular weight excluding hydrogens is 373 g/mol. The van der Waals surface area contributed by atoms with Gasteiger partial charge in [-0.05, 0) is 50.2 Å². The largest absolute Gasteiger partial charge is 0.462 e. The van der Waals surface area contributed by atoms with Crippen molar-refractivity contribution in [3.63, 3.8) is 0 Å². The second-order valence-corrected chi connectivity index (χ2v) is 8.21. The van der Waals surface area contributed by atoms with Crippen molar-refractivity contribution in [2.24, 2.45) is 5.73 Å². The summed E-state index contributed by atoms with van der Waals surface area (Å²) >= 11 is 0. The number of aromatic nitrogens is 1. The van der Waals surface area contributed by atoms with Crippen LogP contribution >= 0.6 is 0 Å².